The lowest BCUT2D eigenvalue weighted by molar-refractivity contribution is -0.134. The van der Waals surface area contributed by atoms with Crippen LogP contribution in [0.2, 0.25) is 0 Å². The Hall–Kier alpha value is -3.42. The maximum absolute atomic E-state index is 14.5. The minimum atomic E-state index is -1.23. The smallest absolute Gasteiger partial charge is 0.273 e. The summed E-state index contributed by atoms with van der Waals surface area (Å²) in [5.41, 5.74) is 0.00424. The van der Waals surface area contributed by atoms with Gasteiger partial charge in [0.1, 0.15) is 22.7 Å². The van der Waals surface area contributed by atoms with E-state index in [-0.39, 0.29) is 30.9 Å². The lowest BCUT2D eigenvalue weighted by Gasteiger charge is -2.44. The third-order valence-corrected chi connectivity index (χ3v) is 6.79. The summed E-state index contributed by atoms with van der Waals surface area (Å²) < 4.78 is 21.5. The Morgan fingerprint density at radius 3 is 2.73 bits per heavy atom. The van der Waals surface area contributed by atoms with E-state index in [0.717, 1.165) is 25.7 Å². The van der Waals surface area contributed by atoms with Crippen molar-refractivity contribution in [2.45, 2.75) is 63.7 Å². The van der Waals surface area contributed by atoms with Crippen LogP contribution < -0.4 is 5.32 Å². The van der Waals surface area contributed by atoms with Crippen LogP contribution in [-0.4, -0.2) is 38.1 Å². The minimum absolute atomic E-state index is 0.0125. The highest BCUT2D eigenvalue weighted by molar-refractivity contribution is 6.00. The fraction of sp³-hybridized carbons (Fsp3) is 0.400. The van der Waals surface area contributed by atoms with Gasteiger partial charge in [0.15, 0.2) is 5.76 Å². The lowest BCUT2D eigenvalue weighted by atomic mass is 9.91. The van der Waals surface area contributed by atoms with Gasteiger partial charge in [-0.15, -0.1) is 0 Å². The molecule has 2 amide bonds. The van der Waals surface area contributed by atoms with Gasteiger partial charge >= 0.3 is 0 Å². The van der Waals surface area contributed by atoms with Crippen molar-refractivity contribution in [3.05, 3.63) is 65.8 Å². The summed E-state index contributed by atoms with van der Waals surface area (Å²) in [4.78, 5) is 28.7. The number of fused-ring (bicyclic) bond motifs is 1. The van der Waals surface area contributed by atoms with Crippen molar-refractivity contribution in [2.75, 3.05) is 0 Å². The summed E-state index contributed by atoms with van der Waals surface area (Å²) in [5, 5.41) is 7.71. The average molecular weight is 451 g/mol. The van der Waals surface area contributed by atoms with Crippen molar-refractivity contribution in [3.63, 3.8) is 0 Å². The third kappa shape index (κ3) is 3.94. The zero-order chi connectivity index (χ0) is 23.0. The standard InChI is InChI=1S/C25H27FN4O3/c1-25(24(32)27-18-9-3-2-4-10-18)16-30-21(14-20(28-30)22-12-7-13-33-22)23(31)29(25)15-17-8-5-6-11-19(17)26/h5-8,11-14,18H,2-4,9-10,15-16H2,1H3,(H,27,32)/t25-/m1/s1. The van der Waals surface area contributed by atoms with E-state index in [1.54, 1.807) is 54.3 Å². The van der Waals surface area contributed by atoms with Crippen LogP contribution in [0.25, 0.3) is 11.5 Å². The first-order valence-corrected chi connectivity index (χ1v) is 11.4. The summed E-state index contributed by atoms with van der Waals surface area (Å²) in [6, 6.07) is 11.6. The Kier molecular flexibility index (Phi) is 5.52. The van der Waals surface area contributed by atoms with Crippen LogP contribution in [0.3, 0.4) is 0 Å². The number of hydrogen-bond acceptors (Lipinski definition) is 4. The fourth-order valence-corrected chi connectivity index (χ4v) is 4.82. The first kappa shape index (κ1) is 21.4. The zero-order valence-corrected chi connectivity index (χ0v) is 18.6. The molecule has 0 radical (unpaired) electrons. The van der Waals surface area contributed by atoms with E-state index < -0.39 is 11.4 Å². The van der Waals surface area contributed by atoms with E-state index in [4.69, 9.17) is 4.42 Å². The average Bonchev–Trinajstić information content (AvgIpc) is 3.48. The number of amides is 2. The van der Waals surface area contributed by atoms with Crippen molar-refractivity contribution in [3.8, 4) is 11.5 Å². The van der Waals surface area contributed by atoms with Crippen molar-refractivity contribution < 1.29 is 18.4 Å². The topological polar surface area (TPSA) is 80.4 Å². The number of furan rings is 1. The second-order valence-corrected chi connectivity index (χ2v) is 9.11. The van der Waals surface area contributed by atoms with Crippen LogP contribution in [-0.2, 0) is 17.9 Å². The van der Waals surface area contributed by atoms with Gasteiger partial charge in [-0.25, -0.2) is 4.39 Å². The molecule has 172 valence electrons. The largest absolute Gasteiger partial charge is 0.463 e. The van der Waals surface area contributed by atoms with Crippen LogP contribution in [0, 0.1) is 5.82 Å². The molecule has 2 aliphatic rings. The maximum atomic E-state index is 14.5. The summed E-state index contributed by atoms with van der Waals surface area (Å²) in [6.45, 7) is 1.89. The SMILES string of the molecule is C[C@]1(C(=O)NC2CCCCC2)Cn2nc(-c3ccco3)cc2C(=O)N1Cc1ccccc1F. The second kappa shape index (κ2) is 8.50. The molecule has 0 unspecified atom stereocenters. The maximum Gasteiger partial charge on any atom is 0.273 e. The third-order valence-electron chi connectivity index (χ3n) is 6.79. The number of hydrogen-bond donors (Lipinski definition) is 1. The van der Waals surface area contributed by atoms with Crippen LogP contribution in [0.4, 0.5) is 4.39 Å². The Morgan fingerprint density at radius 1 is 1.21 bits per heavy atom. The van der Waals surface area contributed by atoms with E-state index >= 15 is 0 Å². The predicted octanol–water partition coefficient (Wildman–Crippen LogP) is 4.15. The molecule has 33 heavy (non-hydrogen) atoms. The molecule has 1 saturated carbocycles. The van der Waals surface area contributed by atoms with Crippen LogP contribution in [0.5, 0.6) is 0 Å². The molecule has 0 saturated heterocycles. The highest BCUT2D eigenvalue weighted by atomic mass is 19.1. The van der Waals surface area contributed by atoms with Gasteiger partial charge in [-0.1, -0.05) is 37.5 Å². The Morgan fingerprint density at radius 2 is 2.00 bits per heavy atom. The van der Waals surface area contributed by atoms with Gasteiger partial charge in [-0.2, -0.15) is 5.10 Å². The second-order valence-electron chi connectivity index (χ2n) is 9.11. The van der Waals surface area contributed by atoms with Crippen LogP contribution in [0.15, 0.2) is 53.1 Å². The van der Waals surface area contributed by atoms with Gasteiger partial charge in [-0.05, 0) is 38.0 Å². The number of nitrogens with one attached hydrogen (secondary N) is 1. The summed E-state index contributed by atoms with van der Waals surface area (Å²) in [6.07, 6.45) is 6.73. The van der Waals surface area contributed by atoms with E-state index in [9.17, 15) is 14.0 Å². The molecular formula is C25H27FN4O3. The molecule has 1 aliphatic heterocycles. The first-order chi connectivity index (χ1) is 16.0. The molecule has 5 rings (SSSR count). The number of nitrogens with zero attached hydrogens (tertiary/aromatic N) is 3. The summed E-state index contributed by atoms with van der Waals surface area (Å²) in [5.74, 6) is -0.467. The normalized spacial score (nSPS) is 21.2. The van der Waals surface area contributed by atoms with E-state index in [2.05, 4.69) is 10.4 Å². The van der Waals surface area contributed by atoms with Crippen molar-refractivity contribution in [1.82, 2.24) is 20.0 Å². The van der Waals surface area contributed by atoms with Gasteiger partial charge in [0, 0.05) is 17.7 Å². The summed E-state index contributed by atoms with van der Waals surface area (Å²) in [7, 11) is 0. The Bertz CT molecular complexity index is 1170. The first-order valence-electron chi connectivity index (χ1n) is 11.4. The van der Waals surface area contributed by atoms with Crippen molar-refractivity contribution >= 4 is 11.8 Å². The fourth-order valence-electron chi connectivity index (χ4n) is 4.82. The highest BCUT2D eigenvalue weighted by Gasteiger charge is 2.48. The van der Waals surface area contributed by atoms with Gasteiger partial charge in [-0.3, -0.25) is 14.3 Å². The molecule has 8 heteroatoms. The van der Waals surface area contributed by atoms with E-state index in [1.165, 1.54) is 17.4 Å². The lowest BCUT2D eigenvalue weighted by Crippen LogP contribution is -2.64. The van der Waals surface area contributed by atoms with Crippen molar-refractivity contribution in [1.29, 1.82) is 0 Å². The number of benzene rings is 1. The Labute approximate surface area is 191 Å². The van der Waals surface area contributed by atoms with E-state index in [0.29, 0.717) is 22.7 Å². The van der Waals surface area contributed by atoms with Gasteiger partial charge in [0.25, 0.3) is 5.91 Å². The molecular weight excluding hydrogens is 423 g/mol. The molecule has 0 bridgehead atoms. The zero-order valence-electron chi connectivity index (χ0n) is 18.6. The molecule has 1 atom stereocenters. The number of carbonyl (C=O) groups excluding carboxylic acids is 2. The van der Waals surface area contributed by atoms with Gasteiger partial charge in [0.2, 0.25) is 5.91 Å². The number of aromatic nitrogens is 2. The number of halogens is 1. The van der Waals surface area contributed by atoms with Gasteiger partial charge < -0.3 is 14.6 Å². The summed E-state index contributed by atoms with van der Waals surface area (Å²) >= 11 is 0. The molecule has 2 aromatic heterocycles. The molecule has 1 aliphatic carbocycles. The van der Waals surface area contributed by atoms with Crippen molar-refractivity contribution in [2.24, 2.45) is 0 Å². The molecule has 0 spiro atoms. The number of carbonyl (C=O) groups is 2. The van der Waals surface area contributed by atoms with Crippen LogP contribution in [0.1, 0.15) is 55.1 Å². The molecule has 1 N–H and O–H groups in total. The molecule has 7 nitrogen and oxygen atoms in total. The predicted molar refractivity (Wildman–Crippen MR) is 120 cm³/mol. The number of rotatable bonds is 5. The van der Waals surface area contributed by atoms with Gasteiger partial charge in [0.05, 0.1) is 19.4 Å². The quantitative estimate of drug-likeness (QED) is 0.633. The molecule has 3 heterocycles. The Balaban J connectivity index is 1.52. The van der Waals surface area contributed by atoms with Crippen LogP contribution >= 0.6 is 0 Å². The molecule has 1 aromatic carbocycles. The van der Waals surface area contributed by atoms with E-state index in [1.807, 2.05) is 0 Å². The molecule has 1 fully saturated rings. The monoisotopic (exact) mass is 450 g/mol. The molecule has 3 aromatic rings. The highest BCUT2D eigenvalue weighted by Crippen LogP contribution is 2.32. The minimum Gasteiger partial charge on any atom is -0.463 e.